The fourth-order valence-corrected chi connectivity index (χ4v) is 4.76. The minimum Gasteiger partial charge on any atom is -0.494 e. The van der Waals surface area contributed by atoms with Crippen molar-refractivity contribution in [2.24, 2.45) is 0 Å². The smallest absolute Gasteiger partial charge is 0.303 e. The Morgan fingerprint density at radius 3 is 2.77 bits per heavy atom. The van der Waals surface area contributed by atoms with Crippen LogP contribution in [-0.2, 0) is 35.6 Å². The van der Waals surface area contributed by atoms with Crippen molar-refractivity contribution in [1.29, 1.82) is 0 Å². The highest BCUT2D eigenvalue weighted by molar-refractivity contribution is 5.78. The fourth-order valence-electron chi connectivity index (χ4n) is 4.76. The number of carbonyl (C=O) groups excluding carboxylic acids is 1. The molecule has 0 bridgehead atoms. The monoisotopic (exact) mass is 534 g/mol. The summed E-state index contributed by atoms with van der Waals surface area (Å²) in [4.78, 5) is 26.1. The lowest BCUT2D eigenvalue weighted by Gasteiger charge is -2.24. The third-order valence-electron chi connectivity index (χ3n) is 6.64. The van der Waals surface area contributed by atoms with Gasteiger partial charge in [-0.15, -0.1) is 0 Å². The Hall–Kier alpha value is -3.85. The lowest BCUT2D eigenvalue weighted by molar-refractivity contribution is -0.137. The molecule has 9 nitrogen and oxygen atoms in total. The number of rotatable bonds is 9. The van der Waals surface area contributed by atoms with Gasteiger partial charge in [-0.3, -0.25) is 19.2 Å². The number of amides is 1. The zero-order valence-corrected chi connectivity index (χ0v) is 22.6. The molecule has 4 rings (SSSR count). The number of benzene rings is 2. The van der Waals surface area contributed by atoms with Crippen LogP contribution >= 0.6 is 0 Å². The summed E-state index contributed by atoms with van der Waals surface area (Å²) >= 11 is 0. The van der Waals surface area contributed by atoms with E-state index in [1.165, 1.54) is 0 Å². The average Bonchev–Trinajstić information content (AvgIpc) is 3.42. The van der Waals surface area contributed by atoms with Crippen LogP contribution in [0.15, 0.2) is 54.9 Å². The third-order valence-corrected chi connectivity index (χ3v) is 6.64. The number of ether oxygens (including phenoxy) is 2. The van der Waals surface area contributed by atoms with Gasteiger partial charge in [0.1, 0.15) is 11.5 Å². The zero-order chi connectivity index (χ0) is 27.5. The van der Waals surface area contributed by atoms with Gasteiger partial charge in [-0.25, -0.2) is 0 Å². The Kier molecular flexibility index (Phi) is 10.4. The predicted molar refractivity (Wildman–Crippen MR) is 148 cm³/mol. The molecule has 39 heavy (non-hydrogen) atoms. The molecule has 2 N–H and O–H groups in total. The molecule has 0 atom stereocenters. The maximum atomic E-state index is 12.9. The molecule has 0 radical (unpaired) electrons. The number of carboxylic acid groups (broad SMARTS) is 1. The van der Waals surface area contributed by atoms with Gasteiger partial charge in [-0.05, 0) is 68.0 Å². The Balaban J connectivity index is 1.61. The summed E-state index contributed by atoms with van der Waals surface area (Å²) in [6, 6.07) is 13.9. The van der Waals surface area contributed by atoms with E-state index in [1.807, 2.05) is 54.2 Å². The summed E-state index contributed by atoms with van der Waals surface area (Å²) in [5.74, 6) is 0.766. The normalized spacial score (nSPS) is 15.2. The second kappa shape index (κ2) is 14.3. The highest BCUT2D eigenvalue weighted by Crippen LogP contribution is 2.26. The Morgan fingerprint density at radius 2 is 1.97 bits per heavy atom. The molecule has 0 aliphatic carbocycles. The van der Waals surface area contributed by atoms with E-state index in [0.29, 0.717) is 45.8 Å². The van der Waals surface area contributed by atoms with E-state index in [4.69, 9.17) is 14.6 Å². The van der Waals surface area contributed by atoms with E-state index in [9.17, 15) is 9.59 Å². The van der Waals surface area contributed by atoms with Gasteiger partial charge in [-0.2, -0.15) is 5.10 Å². The number of carboxylic acids is 1. The molecule has 0 fully saturated rings. The van der Waals surface area contributed by atoms with Crippen LogP contribution in [0.4, 0.5) is 0 Å². The molecule has 1 aliphatic heterocycles. The van der Waals surface area contributed by atoms with Crippen LogP contribution in [0.3, 0.4) is 0 Å². The van der Waals surface area contributed by atoms with Gasteiger partial charge in [0.2, 0.25) is 5.91 Å². The highest BCUT2D eigenvalue weighted by atomic mass is 16.5. The van der Waals surface area contributed by atoms with Gasteiger partial charge < -0.3 is 19.9 Å². The van der Waals surface area contributed by atoms with Gasteiger partial charge in [-0.1, -0.05) is 18.2 Å². The standard InChI is InChI=1S/C30H38N4O5/c1-2-38-27-11-8-24(18-26(27)21-34-15-6-14-32-34)19-33-20-25-17-23(9-12-30(36)37)7-10-28(25)39-16-5-3-4-13-31-29(35)22-33/h6-8,10-11,14-15,17-18H,2-5,9,12-13,16,19-22H2,1H3,(H,31,35)(H,36,37). The molecule has 208 valence electrons. The number of aromatic nitrogens is 2. The van der Waals surface area contributed by atoms with E-state index in [-0.39, 0.29) is 18.9 Å². The fraction of sp³-hybridized carbons (Fsp3) is 0.433. The topological polar surface area (TPSA) is 106 Å². The number of hydrogen-bond donors (Lipinski definition) is 2. The number of aryl methyl sites for hydroxylation is 1. The van der Waals surface area contributed by atoms with Gasteiger partial charge in [0.15, 0.2) is 0 Å². The molecule has 1 aliphatic rings. The number of nitrogens with one attached hydrogen (secondary N) is 1. The molecule has 0 saturated carbocycles. The van der Waals surface area contributed by atoms with Crippen LogP contribution in [-0.4, -0.2) is 58.0 Å². The van der Waals surface area contributed by atoms with Gasteiger partial charge in [0.25, 0.3) is 0 Å². The van der Waals surface area contributed by atoms with E-state index >= 15 is 0 Å². The van der Waals surface area contributed by atoms with E-state index in [1.54, 1.807) is 6.20 Å². The van der Waals surface area contributed by atoms with Crippen molar-refractivity contribution in [1.82, 2.24) is 20.0 Å². The number of aliphatic carboxylic acids is 1. The van der Waals surface area contributed by atoms with Gasteiger partial charge in [0, 0.05) is 49.6 Å². The molecule has 1 amide bonds. The predicted octanol–water partition coefficient (Wildman–Crippen LogP) is 4.03. The Morgan fingerprint density at radius 1 is 1.10 bits per heavy atom. The van der Waals surface area contributed by atoms with Crippen molar-refractivity contribution < 1.29 is 24.2 Å². The van der Waals surface area contributed by atoms with Crippen LogP contribution in [0.25, 0.3) is 0 Å². The molecular weight excluding hydrogens is 496 g/mol. The minimum atomic E-state index is -0.824. The second-order valence-electron chi connectivity index (χ2n) is 9.82. The molecule has 0 unspecified atom stereocenters. The quantitative estimate of drug-likeness (QED) is 0.427. The molecule has 1 aromatic heterocycles. The van der Waals surface area contributed by atoms with Crippen molar-refractivity contribution >= 4 is 11.9 Å². The maximum absolute atomic E-state index is 12.9. The molecule has 2 aromatic carbocycles. The van der Waals surface area contributed by atoms with Gasteiger partial charge in [0.05, 0.1) is 26.3 Å². The van der Waals surface area contributed by atoms with E-state index < -0.39 is 5.97 Å². The molecule has 0 saturated heterocycles. The first-order valence-electron chi connectivity index (χ1n) is 13.7. The number of hydrogen-bond acceptors (Lipinski definition) is 6. The first-order chi connectivity index (χ1) is 19.0. The zero-order valence-electron chi connectivity index (χ0n) is 22.6. The van der Waals surface area contributed by atoms with Gasteiger partial charge >= 0.3 is 5.97 Å². The summed E-state index contributed by atoms with van der Waals surface area (Å²) < 4.78 is 13.9. The first-order valence-corrected chi connectivity index (χ1v) is 13.7. The Bertz CT molecular complexity index is 1230. The third kappa shape index (κ3) is 8.85. The summed E-state index contributed by atoms with van der Waals surface area (Å²) in [6.07, 6.45) is 6.98. The van der Waals surface area contributed by atoms with Crippen molar-refractivity contribution in [3.8, 4) is 11.5 Å². The Labute approximate surface area is 229 Å². The van der Waals surface area contributed by atoms with Crippen LogP contribution in [0.2, 0.25) is 0 Å². The van der Waals surface area contributed by atoms with E-state index in [0.717, 1.165) is 53.0 Å². The van der Waals surface area contributed by atoms with Crippen LogP contribution in [0, 0.1) is 0 Å². The molecular formula is C30H38N4O5. The molecule has 9 heteroatoms. The number of fused-ring (bicyclic) bond motifs is 1. The average molecular weight is 535 g/mol. The maximum Gasteiger partial charge on any atom is 0.303 e. The molecule has 3 aromatic rings. The second-order valence-corrected chi connectivity index (χ2v) is 9.82. The highest BCUT2D eigenvalue weighted by Gasteiger charge is 2.17. The van der Waals surface area contributed by atoms with Crippen LogP contribution in [0.1, 0.15) is 54.9 Å². The van der Waals surface area contributed by atoms with Crippen molar-refractivity contribution in [3.63, 3.8) is 0 Å². The lowest BCUT2D eigenvalue weighted by Crippen LogP contribution is -2.37. The number of carbonyl (C=O) groups is 2. The summed E-state index contributed by atoms with van der Waals surface area (Å²) in [5, 5.41) is 16.5. The lowest BCUT2D eigenvalue weighted by atomic mass is 10.0. The SMILES string of the molecule is CCOc1ccc(CN2CC(=O)NCCCCCOc3ccc(CCC(=O)O)cc3C2)cc1Cn1cccn1. The van der Waals surface area contributed by atoms with E-state index in [2.05, 4.69) is 21.4 Å². The molecule has 0 spiro atoms. The van der Waals surface area contributed by atoms with Crippen molar-refractivity contribution in [2.75, 3.05) is 26.3 Å². The molecule has 2 heterocycles. The number of nitrogens with zero attached hydrogens (tertiary/aromatic N) is 3. The van der Waals surface area contributed by atoms with Crippen LogP contribution in [0.5, 0.6) is 11.5 Å². The summed E-state index contributed by atoms with van der Waals surface area (Å²) in [6.45, 7) is 5.64. The summed E-state index contributed by atoms with van der Waals surface area (Å²) in [5.41, 5.74) is 3.97. The largest absolute Gasteiger partial charge is 0.494 e. The van der Waals surface area contributed by atoms with Crippen molar-refractivity contribution in [3.05, 3.63) is 77.1 Å². The first kappa shape index (κ1) is 28.2. The van der Waals surface area contributed by atoms with Crippen LogP contribution < -0.4 is 14.8 Å². The summed E-state index contributed by atoms with van der Waals surface area (Å²) in [7, 11) is 0. The van der Waals surface area contributed by atoms with Crippen molar-refractivity contribution in [2.45, 2.75) is 58.7 Å². The minimum absolute atomic E-state index is 0.0125.